The third kappa shape index (κ3) is 4.19. The molecule has 1 fully saturated rings. The number of likely N-dealkylation sites (tertiary alicyclic amines) is 1. The van der Waals surface area contributed by atoms with Crippen molar-refractivity contribution < 1.29 is 14.7 Å². The summed E-state index contributed by atoms with van der Waals surface area (Å²) < 4.78 is 0. The molecule has 1 heterocycles. The number of carboxylic acid groups (broad SMARTS) is 1. The molecule has 2 aliphatic rings. The summed E-state index contributed by atoms with van der Waals surface area (Å²) >= 11 is 0. The minimum Gasteiger partial charge on any atom is -0.465 e. The maximum atomic E-state index is 12.5. The average Bonchev–Trinajstić information content (AvgIpc) is 2.53. The smallest absolute Gasteiger partial charge is 0.407 e. The number of rotatable bonds is 3. The molecule has 0 radical (unpaired) electrons. The highest BCUT2D eigenvalue weighted by atomic mass is 16.4. The van der Waals surface area contributed by atoms with Gasteiger partial charge in [0.1, 0.15) is 0 Å². The number of hydrogen-bond donors (Lipinski definition) is 1. The highest BCUT2D eigenvalue weighted by Crippen LogP contribution is 2.40. The van der Waals surface area contributed by atoms with Gasteiger partial charge in [0.25, 0.3) is 0 Å². The zero-order chi connectivity index (χ0) is 17.9. The van der Waals surface area contributed by atoms with E-state index in [1.54, 1.807) is 11.0 Å². The average molecular weight is 334 g/mol. The van der Waals surface area contributed by atoms with Gasteiger partial charge in [0, 0.05) is 32.3 Å². The Hall–Kier alpha value is -1.78. The minimum absolute atomic E-state index is 0.00504. The second kappa shape index (κ2) is 7.41. The van der Waals surface area contributed by atoms with E-state index in [0.29, 0.717) is 25.9 Å². The van der Waals surface area contributed by atoms with E-state index in [9.17, 15) is 9.59 Å². The number of piperidine rings is 1. The quantitative estimate of drug-likeness (QED) is 0.801. The maximum Gasteiger partial charge on any atom is 0.407 e. The van der Waals surface area contributed by atoms with Crippen LogP contribution in [0.15, 0.2) is 23.3 Å². The van der Waals surface area contributed by atoms with Crippen molar-refractivity contribution >= 4 is 12.0 Å². The second-order valence-electron chi connectivity index (χ2n) is 7.71. The second-order valence-corrected chi connectivity index (χ2v) is 7.71. The van der Waals surface area contributed by atoms with Crippen LogP contribution in [-0.2, 0) is 4.79 Å². The summed E-state index contributed by atoms with van der Waals surface area (Å²) in [5, 5.41) is 9.00. The fourth-order valence-corrected chi connectivity index (χ4v) is 3.91. The lowest BCUT2D eigenvalue weighted by molar-refractivity contribution is -0.127. The Kier molecular flexibility index (Phi) is 5.73. The van der Waals surface area contributed by atoms with Crippen LogP contribution in [0.5, 0.6) is 0 Å². The molecular weight excluding hydrogens is 304 g/mol. The molecule has 1 saturated heterocycles. The summed E-state index contributed by atoms with van der Waals surface area (Å²) in [6, 6.07) is 0.118. The van der Waals surface area contributed by atoms with Crippen LogP contribution in [0.25, 0.3) is 0 Å². The van der Waals surface area contributed by atoms with E-state index in [0.717, 1.165) is 12.8 Å². The molecule has 5 nitrogen and oxygen atoms in total. The van der Waals surface area contributed by atoms with Crippen LogP contribution < -0.4 is 0 Å². The fraction of sp³-hybridized carbons (Fsp3) is 0.684. The first-order chi connectivity index (χ1) is 11.2. The van der Waals surface area contributed by atoms with E-state index >= 15 is 0 Å². The van der Waals surface area contributed by atoms with Crippen molar-refractivity contribution in [1.29, 1.82) is 0 Å². The molecule has 2 rings (SSSR count). The van der Waals surface area contributed by atoms with Crippen molar-refractivity contribution in [2.24, 2.45) is 5.41 Å². The van der Waals surface area contributed by atoms with E-state index in [1.807, 2.05) is 13.1 Å². The number of nitrogens with zero attached hydrogens (tertiary/aromatic N) is 2. The van der Waals surface area contributed by atoms with Gasteiger partial charge in [-0.25, -0.2) is 4.79 Å². The molecule has 1 aliphatic heterocycles. The largest absolute Gasteiger partial charge is 0.465 e. The molecule has 0 spiro atoms. The van der Waals surface area contributed by atoms with Gasteiger partial charge in [0.15, 0.2) is 0 Å². The molecule has 0 saturated carbocycles. The van der Waals surface area contributed by atoms with E-state index < -0.39 is 6.09 Å². The summed E-state index contributed by atoms with van der Waals surface area (Å²) in [6.45, 7) is 7.64. The first kappa shape index (κ1) is 18.6. The van der Waals surface area contributed by atoms with Gasteiger partial charge in [-0.2, -0.15) is 0 Å². The van der Waals surface area contributed by atoms with Crippen molar-refractivity contribution in [3.8, 4) is 0 Å². The third-order valence-corrected chi connectivity index (χ3v) is 5.57. The maximum absolute atomic E-state index is 12.5. The molecule has 0 bridgehead atoms. The summed E-state index contributed by atoms with van der Waals surface area (Å²) in [5.41, 5.74) is 2.80. The molecule has 2 amide bonds. The van der Waals surface area contributed by atoms with Crippen LogP contribution in [0.1, 0.15) is 52.9 Å². The number of carbonyl (C=O) groups is 2. The third-order valence-electron chi connectivity index (χ3n) is 5.57. The lowest BCUT2D eigenvalue weighted by Gasteiger charge is -2.35. The zero-order valence-corrected chi connectivity index (χ0v) is 15.3. The number of likely N-dealkylation sites (N-methyl/N-ethyl adjacent to an activating group) is 1. The van der Waals surface area contributed by atoms with Crippen LogP contribution in [0.3, 0.4) is 0 Å². The number of amides is 2. The molecule has 0 atom stereocenters. The molecule has 24 heavy (non-hydrogen) atoms. The molecular formula is C19H30N2O3. The molecule has 5 heteroatoms. The zero-order valence-electron chi connectivity index (χ0n) is 15.3. The van der Waals surface area contributed by atoms with Crippen molar-refractivity contribution in [3.05, 3.63) is 23.3 Å². The highest BCUT2D eigenvalue weighted by molar-refractivity contribution is 5.88. The predicted molar refractivity (Wildman–Crippen MR) is 94.9 cm³/mol. The van der Waals surface area contributed by atoms with Crippen LogP contribution in [0, 0.1) is 5.41 Å². The summed E-state index contributed by atoms with van der Waals surface area (Å²) in [5.74, 6) is 0.00504. The molecule has 0 aromatic rings. The normalized spacial score (nSPS) is 22.1. The van der Waals surface area contributed by atoms with Crippen LogP contribution in [0.2, 0.25) is 0 Å². The van der Waals surface area contributed by atoms with E-state index in [4.69, 9.17) is 5.11 Å². The SMILES string of the molecule is CC1=C(C=CC(=O)N(C)C2CCN(C(=O)O)CC2)C(C)(C)CCC1. The monoisotopic (exact) mass is 334 g/mol. The lowest BCUT2D eigenvalue weighted by Crippen LogP contribution is -2.46. The minimum atomic E-state index is -0.871. The van der Waals surface area contributed by atoms with Gasteiger partial charge in [-0.3, -0.25) is 4.79 Å². The summed E-state index contributed by atoms with van der Waals surface area (Å²) in [6.07, 6.45) is 7.71. The van der Waals surface area contributed by atoms with Gasteiger partial charge in [0.2, 0.25) is 5.91 Å². The molecule has 0 aromatic heterocycles. The predicted octanol–water partition coefficient (Wildman–Crippen LogP) is 3.67. The number of hydrogen-bond acceptors (Lipinski definition) is 2. The van der Waals surface area contributed by atoms with Crippen LogP contribution in [0.4, 0.5) is 4.79 Å². The molecule has 1 aliphatic carbocycles. The lowest BCUT2D eigenvalue weighted by atomic mass is 9.72. The standard InChI is InChI=1S/C19H30N2O3/c1-14-6-5-11-19(2,3)16(14)7-8-17(22)20(4)15-9-12-21(13-10-15)18(23)24/h7-8,15H,5-6,9-13H2,1-4H3,(H,23,24). The topological polar surface area (TPSA) is 60.9 Å². The summed E-state index contributed by atoms with van der Waals surface area (Å²) in [4.78, 5) is 26.7. The van der Waals surface area contributed by atoms with E-state index in [1.165, 1.54) is 22.5 Å². The van der Waals surface area contributed by atoms with Crippen molar-refractivity contribution in [2.75, 3.05) is 20.1 Å². The van der Waals surface area contributed by atoms with Gasteiger partial charge >= 0.3 is 6.09 Å². The summed E-state index contributed by atoms with van der Waals surface area (Å²) in [7, 11) is 1.82. The van der Waals surface area contributed by atoms with Gasteiger partial charge in [-0.05, 0) is 50.0 Å². The first-order valence-corrected chi connectivity index (χ1v) is 8.85. The Bertz CT molecular complexity index is 555. The van der Waals surface area contributed by atoms with E-state index in [2.05, 4.69) is 20.8 Å². The van der Waals surface area contributed by atoms with Gasteiger partial charge < -0.3 is 14.9 Å². The number of allylic oxidation sites excluding steroid dienone is 3. The van der Waals surface area contributed by atoms with Gasteiger partial charge in [-0.15, -0.1) is 0 Å². The van der Waals surface area contributed by atoms with Crippen LogP contribution in [-0.4, -0.2) is 53.1 Å². The Morgan fingerprint density at radius 3 is 2.46 bits per heavy atom. The van der Waals surface area contributed by atoms with Gasteiger partial charge in [0.05, 0.1) is 0 Å². The van der Waals surface area contributed by atoms with Gasteiger partial charge in [-0.1, -0.05) is 25.5 Å². The molecule has 134 valence electrons. The first-order valence-electron chi connectivity index (χ1n) is 8.85. The molecule has 0 unspecified atom stereocenters. The highest BCUT2D eigenvalue weighted by Gasteiger charge is 2.28. The van der Waals surface area contributed by atoms with E-state index in [-0.39, 0.29) is 17.4 Å². The molecule has 1 N–H and O–H groups in total. The Labute approximate surface area is 145 Å². The van der Waals surface area contributed by atoms with Crippen molar-refractivity contribution in [3.63, 3.8) is 0 Å². The molecule has 0 aromatic carbocycles. The van der Waals surface area contributed by atoms with Crippen LogP contribution >= 0.6 is 0 Å². The van der Waals surface area contributed by atoms with Crippen molar-refractivity contribution in [2.45, 2.75) is 58.9 Å². The fourth-order valence-electron chi connectivity index (χ4n) is 3.91. The Morgan fingerprint density at radius 1 is 1.29 bits per heavy atom. The Balaban J connectivity index is 1.98. The Morgan fingerprint density at radius 2 is 1.92 bits per heavy atom. The van der Waals surface area contributed by atoms with Crippen molar-refractivity contribution in [1.82, 2.24) is 9.80 Å². The number of carbonyl (C=O) groups excluding carboxylic acids is 1.